The zero-order valence-corrected chi connectivity index (χ0v) is 12.9. The molecule has 0 saturated carbocycles. The number of esters is 1. The van der Waals surface area contributed by atoms with Crippen LogP contribution >= 0.6 is 34.2 Å². The molecule has 7 heteroatoms. The Labute approximate surface area is 127 Å². The maximum atomic E-state index is 11.8. The van der Waals surface area contributed by atoms with Gasteiger partial charge in [0.15, 0.2) is 0 Å². The van der Waals surface area contributed by atoms with E-state index in [1.54, 1.807) is 12.1 Å². The number of benzene rings is 1. The van der Waals surface area contributed by atoms with Gasteiger partial charge in [0.2, 0.25) is 5.69 Å². The molecule has 5 nitrogen and oxygen atoms in total. The highest BCUT2D eigenvalue weighted by molar-refractivity contribution is 14.1. The van der Waals surface area contributed by atoms with Crippen molar-refractivity contribution in [2.75, 3.05) is 6.61 Å². The Morgan fingerprint density at radius 3 is 2.95 bits per heavy atom. The van der Waals surface area contributed by atoms with Gasteiger partial charge in [0.05, 0.1) is 22.7 Å². The number of nitrogens with one attached hydrogen (secondary N) is 1. The van der Waals surface area contributed by atoms with Crippen molar-refractivity contribution in [1.82, 2.24) is 9.97 Å². The van der Waals surface area contributed by atoms with Gasteiger partial charge in [-0.2, -0.15) is 0 Å². The van der Waals surface area contributed by atoms with E-state index in [4.69, 9.17) is 16.3 Å². The Balaban J connectivity index is 2.52. The van der Waals surface area contributed by atoms with E-state index in [-0.39, 0.29) is 12.3 Å². The highest BCUT2D eigenvalue weighted by Crippen LogP contribution is 2.22. The molecule has 2 rings (SSSR count). The molecule has 1 aromatic heterocycles. The van der Waals surface area contributed by atoms with Crippen LogP contribution in [0.25, 0.3) is 11.0 Å². The molecule has 0 spiro atoms. The van der Waals surface area contributed by atoms with Gasteiger partial charge in [-0.05, 0) is 41.1 Å². The van der Waals surface area contributed by atoms with Gasteiger partial charge < -0.3 is 9.72 Å². The monoisotopic (exact) mass is 392 g/mol. The highest BCUT2D eigenvalue weighted by atomic mass is 127. The highest BCUT2D eigenvalue weighted by Gasteiger charge is 2.15. The predicted molar refractivity (Wildman–Crippen MR) is 80.7 cm³/mol. The number of carbonyl (C=O) groups is 1. The second kappa shape index (κ2) is 5.87. The number of rotatable bonds is 3. The fourth-order valence-electron chi connectivity index (χ4n) is 1.48. The lowest BCUT2D eigenvalue weighted by molar-refractivity contribution is 0.0496. The van der Waals surface area contributed by atoms with Gasteiger partial charge in [-0.15, -0.1) is 0 Å². The van der Waals surface area contributed by atoms with Crippen LogP contribution in [0.5, 0.6) is 0 Å². The van der Waals surface area contributed by atoms with Crippen molar-refractivity contribution >= 4 is 51.2 Å². The number of fused-ring (bicyclic) bond motifs is 1. The minimum absolute atomic E-state index is 0.252. The minimum Gasteiger partial charge on any atom is -0.461 e. The van der Waals surface area contributed by atoms with Crippen molar-refractivity contribution in [3.8, 4) is 0 Å². The second-order valence-electron chi connectivity index (χ2n) is 3.83. The van der Waals surface area contributed by atoms with Gasteiger partial charge in [0.25, 0.3) is 5.56 Å². The van der Waals surface area contributed by atoms with E-state index >= 15 is 0 Å². The minimum atomic E-state index is -0.723. The van der Waals surface area contributed by atoms with Gasteiger partial charge in [0, 0.05) is 3.57 Å². The van der Waals surface area contributed by atoms with E-state index in [2.05, 4.69) is 32.6 Å². The number of ether oxygens (including phenoxy) is 1. The second-order valence-corrected chi connectivity index (χ2v) is 5.40. The molecular formula is C12H10ClIN2O3. The molecule has 0 atom stereocenters. The summed E-state index contributed by atoms with van der Waals surface area (Å²) in [7, 11) is 0. The lowest BCUT2D eigenvalue weighted by Crippen LogP contribution is -2.22. The van der Waals surface area contributed by atoms with E-state index in [1.165, 1.54) is 0 Å². The number of aromatic amines is 1. The summed E-state index contributed by atoms with van der Waals surface area (Å²) in [6.07, 6.45) is 0.682. The van der Waals surface area contributed by atoms with Gasteiger partial charge >= 0.3 is 5.97 Å². The van der Waals surface area contributed by atoms with Crippen LogP contribution in [0.4, 0.5) is 0 Å². The molecular weight excluding hydrogens is 383 g/mol. The average Bonchev–Trinajstić information content (AvgIpc) is 2.37. The smallest absolute Gasteiger partial charge is 0.362 e. The van der Waals surface area contributed by atoms with Crippen LogP contribution in [-0.2, 0) is 4.74 Å². The Morgan fingerprint density at radius 2 is 2.26 bits per heavy atom. The summed E-state index contributed by atoms with van der Waals surface area (Å²) in [4.78, 5) is 30.1. The topological polar surface area (TPSA) is 72.0 Å². The largest absolute Gasteiger partial charge is 0.461 e. The van der Waals surface area contributed by atoms with Crippen LogP contribution in [0.1, 0.15) is 23.8 Å². The van der Waals surface area contributed by atoms with E-state index in [1.807, 2.05) is 6.92 Å². The van der Waals surface area contributed by atoms with Crippen LogP contribution in [0, 0.1) is 3.57 Å². The maximum absolute atomic E-state index is 11.8. The third-order valence-corrected chi connectivity index (χ3v) is 3.89. The summed E-state index contributed by atoms with van der Waals surface area (Å²) in [6, 6.07) is 3.30. The fraction of sp³-hybridized carbons (Fsp3) is 0.250. The first-order chi connectivity index (χ1) is 9.02. The van der Waals surface area contributed by atoms with Crippen LogP contribution in [-0.4, -0.2) is 22.5 Å². The van der Waals surface area contributed by atoms with Crippen molar-refractivity contribution in [3.05, 3.63) is 36.8 Å². The molecule has 0 aliphatic rings. The number of hydrogen-bond donors (Lipinski definition) is 1. The van der Waals surface area contributed by atoms with Gasteiger partial charge in [-0.3, -0.25) is 4.79 Å². The van der Waals surface area contributed by atoms with Crippen molar-refractivity contribution < 1.29 is 9.53 Å². The number of nitrogens with zero attached hydrogens (tertiary/aromatic N) is 1. The van der Waals surface area contributed by atoms with Gasteiger partial charge in [-0.25, -0.2) is 9.78 Å². The zero-order chi connectivity index (χ0) is 14.0. The normalized spacial score (nSPS) is 10.7. The molecule has 1 aromatic carbocycles. The number of H-pyrrole nitrogens is 1. The zero-order valence-electron chi connectivity index (χ0n) is 10.00. The SMILES string of the molecule is CCCOC(=O)c1nc2cc(Cl)c(I)cc2[nH]c1=O. The summed E-state index contributed by atoms with van der Waals surface area (Å²) in [5, 5.41) is 0.514. The molecule has 0 bridgehead atoms. The summed E-state index contributed by atoms with van der Waals surface area (Å²) in [6.45, 7) is 2.12. The van der Waals surface area contributed by atoms with Crippen molar-refractivity contribution in [2.24, 2.45) is 0 Å². The third kappa shape index (κ3) is 3.06. The Morgan fingerprint density at radius 1 is 1.53 bits per heavy atom. The van der Waals surface area contributed by atoms with Crippen molar-refractivity contribution in [3.63, 3.8) is 0 Å². The maximum Gasteiger partial charge on any atom is 0.362 e. The first kappa shape index (κ1) is 14.3. The Kier molecular flexibility index (Phi) is 4.41. The van der Waals surface area contributed by atoms with Crippen LogP contribution in [0.2, 0.25) is 5.02 Å². The molecule has 19 heavy (non-hydrogen) atoms. The molecule has 0 radical (unpaired) electrons. The molecule has 0 amide bonds. The quantitative estimate of drug-likeness (QED) is 0.644. The summed E-state index contributed by atoms with van der Waals surface area (Å²) in [5.74, 6) is -0.723. The lowest BCUT2D eigenvalue weighted by Gasteiger charge is -2.04. The molecule has 2 aromatic rings. The number of hydrogen-bond acceptors (Lipinski definition) is 4. The van der Waals surface area contributed by atoms with Gasteiger partial charge in [-0.1, -0.05) is 18.5 Å². The van der Waals surface area contributed by atoms with E-state index in [0.29, 0.717) is 22.5 Å². The summed E-state index contributed by atoms with van der Waals surface area (Å²) in [5.41, 5.74) is 0.171. The predicted octanol–water partition coefficient (Wildman–Crippen LogP) is 2.75. The number of aromatic nitrogens is 2. The Hall–Kier alpha value is -1.15. The standard InChI is InChI=1S/C12H10ClIN2O3/c1-2-3-19-12(18)10-11(17)16-9-5-7(14)6(13)4-8(9)15-10/h4-5H,2-3H2,1H3,(H,16,17). The fourth-order valence-corrected chi connectivity index (χ4v) is 2.11. The summed E-state index contributed by atoms with van der Waals surface area (Å²) >= 11 is 8.04. The molecule has 0 aliphatic heterocycles. The van der Waals surface area contributed by atoms with Crippen molar-refractivity contribution in [2.45, 2.75) is 13.3 Å². The van der Waals surface area contributed by atoms with Gasteiger partial charge in [0.1, 0.15) is 0 Å². The molecule has 0 unspecified atom stereocenters. The van der Waals surface area contributed by atoms with Crippen LogP contribution < -0.4 is 5.56 Å². The van der Waals surface area contributed by atoms with E-state index in [0.717, 1.165) is 3.57 Å². The number of carbonyl (C=O) groups excluding carboxylic acids is 1. The van der Waals surface area contributed by atoms with Crippen LogP contribution in [0.3, 0.4) is 0 Å². The first-order valence-electron chi connectivity index (χ1n) is 5.59. The first-order valence-corrected chi connectivity index (χ1v) is 7.04. The summed E-state index contributed by atoms with van der Waals surface area (Å²) < 4.78 is 5.70. The molecule has 0 saturated heterocycles. The lowest BCUT2D eigenvalue weighted by atomic mass is 10.3. The van der Waals surface area contributed by atoms with E-state index < -0.39 is 11.5 Å². The molecule has 1 heterocycles. The third-order valence-electron chi connectivity index (χ3n) is 2.36. The van der Waals surface area contributed by atoms with Crippen molar-refractivity contribution in [1.29, 1.82) is 0 Å². The molecule has 0 aliphatic carbocycles. The number of halogens is 2. The molecule has 100 valence electrons. The molecule has 0 fully saturated rings. The Bertz CT molecular complexity index is 699. The van der Waals surface area contributed by atoms with Crippen LogP contribution in [0.15, 0.2) is 16.9 Å². The molecule has 1 N–H and O–H groups in total. The van der Waals surface area contributed by atoms with E-state index in [9.17, 15) is 9.59 Å². The average molecular weight is 393 g/mol.